The summed E-state index contributed by atoms with van der Waals surface area (Å²) in [7, 11) is 0. The number of rotatable bonds is 3. The van der Waals surface area contributed by atoms with Crippen molar-refractivity contribution in [1.82, 2.24) is 0 Å². The number of hydrogen-bond donors (Lipinski definition) is 2. The van der Waals surface area contributed by atoms with E-state index in [1.165, 1.54) is 12.1 Å². The highest BCUT2D eigenvalue weighted by Crippen LogP contribution is 2.20. The van der Waals surface area contributed by atoms with E-state index in [2.05, 4.69) is 0 Å². The minimum atomic E-state index is -0.396. The maximum absolute atomic E-state index is 11.7. The van der Waals surface area contributed by atoms with Gasteiger partial charge >= 0.3 is 0 Å². The Bertz CT molecular complexity index is 439. The second-order valence-electron chi connectivity index (χ2n) is 4.99. The van der Waals surface area contributed by atoms with Gasteiger partial charge in [0.25, 0.3) is 0 Å². The molecular weight excluding hydrogens is 216 g/mol. The van der Waals surface area contributed by atoms with Crippen LogP contribution in [0, 0.1) is 5.41 Å². The van der Waals surface area contributed by atoms with E-state index in [4.69, 9.17) is 5.11 Å². The molecule has 0 aliphatic heterocycles. The van der Waals surface area contributed by atoms with Crippen molar-refractivity contribution >= 4 is 11.9 Å². The summed E-state index contributed by atoms with van der Waals surface area (Å²) < 4.78 is 0. The van der Waals surface area contributed by atoms with E-state index in [9.17, 15) is 9.90 Å². The van der Waals surface area contributed by atoms with Gasteiger partial charge in [0.15, 0.2) is 5.78 Å². The lowest BCUT2D eigenvalue weighted by molar-refractivity contribution is -0.121. The van der Waals surface area contributed by atoms with Crippen molar-refractivity contribution in [3.8, 4) is 5.75 Å². The standard InChI is InChI=1S/C14H18O3/c1-14(2,3)13(17)7-5-10-4-6-12(16)11(8-10)9-15/h4-8,15-16H,9H2,1-3H3/b7-5+. The third-order valence-electron chi connectivity index (χ3n) is 2.44. The maximum Gasteiger partial charge on any atom is 0.161 e. The third-order valence-corrected chi connectivity index (χ3v) is 2.44. The van der Waals surface area contributed by atoms with Crippen LogP contribution in [-0.4, -0.2) is 16.0 Å². The fourth-order valence-corrected chi connectivity index (χ4v) is 1.26. The molecule has 0 aromatic heterocycles. The normalized spacial score (nSPS) is 12.0. The van der Waals surface area contributed by atoms with Gasteiger partial charge in [0, 0.05) is 11.0 Å². The molecule has 0 atom stereocenters. The first-order valence-corrected chi connectivity index (χ1v) is 5.50. The molecule has 2 N–H and O–H groups in total. The molecule has 0 saturated heterocycles. The topological polar surface area (TPSA) is 57.5 Å². The number of benzene rings is 1. The van der Waals surface area contributed by atoms with E-state index in [1.54, 1.807) is 18.2 Å². The summed E-state index contributed by atoms with van der Waals surface area (Å²) in [5.74, 6) is 0.0999. The first kappa shape index (κ1) is 13.5. The molecule has 3 heteroatoms. The highest BCUT2D eigenvalue weighted by Gasteiger charge is 2.17. The molecule has 0 saturated carbocycles. The Hall–Kier alpha value is -1.61. The molecule has 3 nitrogen and oxygen atoms in total. The van der Waals surface area contributed by atoms with Crippen LogP contribution in [0.5, 0.6) is 5.75 Å². The Morgan fingerprint density at radius 3 is 2.53 bits per heavy atom. The highest BCUT2D eigenvalue weighted by atomic mass is 16.3. The first-order chi connectivity index (χ1) is 7.84. The Balaban J connectivity index is 2.89. The second kappa shape index (κ2) is 5.15. The van der Waals surface area contributed by atoms with Crippen LogP contribution in [0.3, 0.4) is 0 Å². The van der Waals surface area contributed by atoms with Crippen molar-refractivity contribution in [3.63, 3.8) is 0 Å². The Morgan fingerprint density at radius 2 is 2.00 bits per heavy atom. The van der Waals surface area contributed by atoms with E-state index in [-0.39, 0.29) is 18.1 Å². The highest BCUT2D eigenvalue weighted by molar-refractivity contribution is 5.97. The molecule has 0 aliphatic rings. The number of aliphatic hydroxyl groups is 1. The third kappa shape index (κ3) is 3.71. The van der Waals surface area contributed by atoms with Crippen molar-refractivity contribution < 1.29 is 15.0 Å². The summed E-state index contributed by atoms with van der Waals surface area (Å²) in [5.41, 5.74) is 0.840. The monoisotopic (exact) mass is 234 g/mol. The molecule has 1 rings (SSSR count). The maximum atomic E-state index is 11.7. The van der Waals surface area contributed by atoms with E-state index < -0.39 is 5.41 Å². The van der Waals surface area contributed by atoms with Crippen molar-refractivity contribution in [2.75, 3.05) is 0 Å². The summed E-state index contributed by atoms with van der Waals surface area (Å²) in [5, 5.41) is 18.4. The molecule has 0 amide bonds. The van der Waals surface area contributed by atoms with Gasteiger partial charge in [0.1, 0.15) is 5.75 Å². The summed E-state index contributed by atoms with van der Waals surface area (Å²) in [4.78, 5) is 11.7. The van der Waals surface area contributed by atoms with E-state index in [0.29, 0.717) is 5.56 Å². The number of hydrogen-bond acceptors (Lipinski definition) is 3. The fraction of sp³-hybridized carbons (Fsp3) is 0.357. The lowest BCUT2D eigenvalue weighted by Gasteiger charge is -2.12. The van der Waals surface area contributed by atoms with Gasteiger partial charge in [-0.05, 0) is 23.8 Å². The molecule has 0 aliphatic carbocycles. The average molecular weight is 234 g/mol. The largest absolute Gasteiger partial charge is 0.508 e. The smallest absolute Gasteiger partial charge is 0.161 e. The Labute approximate surface area is 101 Å². The van der Waals surface area contributed by atoms with Crippen LogP contribution in [0.15, 0.2) is 24.3 Å². The number of aliphatic hydroxyl groups excluding tert-OH is 1. The summed E-state index contributed by atoms with van der Waals surface area (Å²) in [6.07, 6.45) is 3.21. The van der Waals surface area contributed by atoms with E-state index in [0.717, 1.165) is 5.56 Å². The van der Waals surface area contributed by atoms with Crippen LogP contribution in [0.25, 0.3) is 6.08 Å². The van der Waals surface area contributed by atoms with Crippen LogP contribution in [0.4, 0.5) is 0 Å². The molecule has 1 aromatic carbocycles. The first-order valence-electron chi connectivity index (χ1n) is 5.50. The van der Waals surface area contributed by atoms with Crippen LogP contribution in [-0.2, 0) is 11.4 Å². The number of phenols is 1. The minimum Gasteiger partial charge on any atom is -0.508 e. The number of carbonyl (C=O) groups is 1. The lowest BCUT2D eigenvalue weighted by atomic mass is 9.90. The number of allylic oxidation sites excluding steroid dienone is 1. The zero-order valence-electron chi connectivity index (χ0n) is 10.4. The molecule has 0 bridgehead atoms. The number of carbonyl (C=O) groups excluding carboxylic acids is 1. The molecule has 0 spiro atoms. The van der Waals surface area contributed by atoms with Crippen LogP contribution in [0.1, 0.15) is 31.9 Å². The van der Waals surface area contributed by atoms with Crippen molar-refractivity contribution in [2.24, 2.45) is 5.41 Å². The van der Waals surface area contributed by atoms with Gasteiger partial charge in [-0.25, -0.2) is 0 Å². The van der Waals surface area contributed by atoms with Crippen LogP contribution in [0.2, 0.25) is 0 Å². The Kier molecular flexibility index (Phi) is 4.07. The second-order valence-corrected chi connectivity index (χ2v) is 4.99. The zero-order chi connectivity index (χ0) is 13.1. The van der Waals surface area contributed by atoms with Gasteiger partial charge in [-0.3, -0.25) is 4.79 Å². The lowest BCUT2D eigenvalue weighted by Crippen LogP contribution is -2.17. The summed E-state index contributed by atoms with van der Waals surface area (Å²) in [6.45, 7) is 5.35. The predicted molar refractivity (Wildman–Crippen MR) is 67.5 cm³/mol. The van der Waals surface area contributed by atoms with Gasteiger partial charge in [-0.2, -0.15) is 0 Å². The molecule has 1 aromatic rings. The number of ketones is 1. The molecule has 0 unspecified atom stereocenters. The molecule has 17 heavy (non-hydrogen) atoms. The summed E-state index contributed by atoms with van der Waals surface area (Å²) >= 11 is 0. The summed E-state index contributed by atoms with van der Waals surface area (Å²) in [6, 6.07) is 4.86. The van der Waals surface area contributed by atoms with Crippen molar-refractivity contribution in [1.29, 1.82) is 0 Å². The van der Waals surface area contributed by atoms with E-state index >= 15 is 0 Å². The van der Waals surface area contributed by atoms with Gasteiger partial charge in [0.2, 0.25) is 0 Å². The van der Waals surface area contributed by atoms with Gasteiger partial charge in [-0.15, -0.1) is 0 Å². The molecule has 0 fully saturated rings. The molecule has 0 radical (unpaired) electrons. The van der Waals surface area contributed by atoms with Gasteiger partial charge < -0.3 is 10.2 Å². The average Bonchev–Trinajstić information content (AvgIpc) is 2.26. The Morgan fingerprint density at radius 1 is 1.35 bits per heavy atom. The molecule has 0 heterocycles. The zero-order valence-corrected chi connectivity index (χ0v) is 10.4. The quantitative estimate of drug-likeness (QED) is 0.790. The SMILES string of the molecule is CC(C)(C)C(=O)/C=C/c1ccc(O)c(CO)c1. The van der Waals surface area contributed by atoms with Crippen molar-refractivity contribution in [3.05, 3.63) is 35.4 Å². The molecular formula is C14H18O3. The molecule has 92 valence electrons. The van der Waals surface area contributed by atoms with Crippen molar-refractivity contribution in [2.45, 2.75) is 27.4 Å². The number of aromatic hydroxyl groups is 1. The van der Waals surface area contributed by atoms with E-state index in [1.807, 2.05) is 20.8 Å². The van der Waals surface area contributed by atoms with Crippen LogP contribution >= 0.6 is 0 Å². The van der Waals surface area contributed by atoms with Gasteiger partial charge in [-0.1, -0.05) is 32.9 Å². The van der Waals surface area contributed by atoms with Gasteiger partial charge in [0.05, 0.1) is 6.61 Å². The fourth-order valence-electron chi connectivity index (χ4n) is 1.26. The predicted octanol–water partition coefficient (Wildman–Crippen LogP) is 2.51. The van der Waals surface area contributed by atoms with Crippen LogP contribution < -0.4 is 0 Å². The minimum absolute atomic E-state index is 0.0381.